The number of aromatic nitrogens is 1. The van der Waals surface area contributed by atoms with E-state index in [1.165, 1.54) is 16.2 Å². The maximum Gasteiger partial charge on any atom is 0.326 e. The number of esters is 1. The minimum Gasteiger partial charge on any atom is -0.482 e. The van der Waals surface area contributed by atoms with Gasteiger partial charge in [0.25, 0.3) is 5.91 Å². The summed E-state index contributed by atoms with van der Waals surface area (Å²) < 4.78 is 10.9. The highest BCUT2D eigenvalue weighted by Crippen LogP contribution is 2.38. The third kappa shape index (κ3) is 4.95. The number of ether oxygens (including phenoxy) is 2. The quantitative estimate of drug-likeness (QED) is 0.430. The van der Waals surface area contributed by atoms with E-state index in [4.69, 9.17) is 26.1 Å². The van der Waals surface area contributed by atoms with E-state index in [0.29, 0.717) is 29.0 Å². The zero-order valence-electron chi connectivity index (χ0n) is 17.8. The SMILES string of the molecule is CC(C)CCOC(=O)CN1C(=O)COc2ccc(-c3csc(-c4ccccc4Cl)n3)cc21. The second kappa shape index (κ2) is 9.71. The van der Waals surface area contributed by atoms with Crippen molar-refractivity contribution < 1.29 is 19.1 Å². The van der Waals surface area contributed by atoms with E-state index in [0.717, 1.165) is 28.2 Å². The molecule has 0 atom stereocenters. The molecule has 166 valence electrons. The minimum atomic E-state index is -0.438. The van der Waals surface area contributed by atoms with Crippen molar-refractivity contribution in [3.63, 3.8) is 0 Å². The molecule has 0 aliphatic carbocycles. The summed E-state index contributed by atoms with van der Waals surface area (Å²) in [5.41, 5.74) is 2.97. The molecule has 1 aliphatic rings. The first kappa shape index (κ1) is 22.3. The Balaban J connectivity index is 1.57. The van der Waals surface area contributed by atoms with Gasteiger partial charge in [-0.05, 0) is 36.6 Å². The summed E-state index contributed by atoms with van der Waals surface area (Å²) in [6.07, 6.45) is 0.779. The number of fused-ring (bicyclic) bond motifs is 1. The molecule has 32 heavy (non-hydrogen) atoms. The van der Waals surface area contributed by atoms with Crippen LogP contribution in [-0.4, -0.2) is 36.6 Å². The average Bonchev–Trinajstić information content (AvgIpc) is 3.25. The van der Waals surface area contributed by atoms with Crippen LogP contribution in [0.1, 0.15) is 20.3 Å². The Morgan fingerprint density at radius 2 is 2.09 bits per heavy atom. The molecule has 0 radical (unpaired) electrons. The van der Waals surface area contributed by atoms with Gasteiger partial charge in [-0.15, -0.1) is 11.3 Å². The first-order valence-electron chi connectivity index (χ1n) is 10.4. The summed E-state index contributed by atoms with van der Waals surface area (Å²) in [5, 5.41) is 3.39. The Hall–Kier alpha value is -2.90. The summed E-state index contributed by atoms with van der Waals surface area (Å²) in [4.78, 5) is 31.0. The molecule has 0 spiro atoms. The van der Waals surface area contributed by atoms with Crippen LogP contribution in [-0.2, 0) is 14.3 Å². The minimum absolute atomic E-state index is 0.112. The second-order valence-electron chi connectivity index (χ2n) is 7.87. The molecule has 0 fully saturated rings. The molecule has 0 N–H and O–H groups in total. The normalized spacial score (nSPS) is 13.1. The highest BCUT2D eigenvalue weighted by Gasteiger charge is 2.28. The van der Waals surface area contributed by atoms with Crippen LogP contribution in [0.15, 0.2) is 47.8 Å². The lowest BCUT2D eigenvalue weighted by Crippen LogP contribution is -2.42. The number of hydrogen-bond donors (Lipinski definition) is 0. The molecule has 2 heterocycles. The van der Waals surface area contributed by atoms with Crippen LogP contribution in [0.5, 0.6) is 5.75 Å². The fourth-order valence-electron chi connectivity index (χ4n) is 3.28. The van der Waals surface area contributed by atoms with E-state index in [1.807, 2.05) is 41.8 Å². The van der Waals surface area contributed by atoms with Gasteiger partial charge in [-0.25, -0.2) is 4.98 Å². The van der Waals surface area contributed by atoms with Crippen LogP contribution in [0.4, 0.5) is 5.69 Å². The maximum atomic E-state index is 12.5. The van der Waals surface area contributed by atoms with Crippen LogP contribution < -0.4 is 9.64 Å². The van der Waals surface area contributed by atoms with Crippen LogP contribution in [0.3, 0.4) is 0 Å². The standard InChI is InChI=1S/C24H23ClN2O4S/c1-15(2)9-10-30-23(29)12-27-20-11-16(7-8-21(20)31-13-22(27)28)19-14-32-24(26-19)17-5-3-4-6-18(17)25/h3-8,11,14-15H,9-10,12-13H2,1-2H3. The summed E-state index contributed by atoms with van der Waals surface area (Å²) in [6, 6.07) is 13.1. The second-order valence-corrected chi connectivity index (χ2v) is 9.14. The third-order valence-corrected chi connectivity index (χ3v) is 6.26. The molecule has 3 aromatic rings. The molecule has 6 nitrogen and oxygen atoms in total. The lowest BCUT2D eigenvalue weighted by Gasteiger charge is -2.29. The van der Waals surface area contributed by atoms with Crippen molar-refractivity contribution in [2.75, 3.05) is 24.7 Å². The fraction of sp³-hybridized carbons (Fsp3) is 0.292. The Kier molecular flexibility index (Phi) is 6.77. The van der Waals surface area contributed by atoms with Gasteiger partial charge in [-0.3, -0.25) is 14.5 Å². The third-order valence-electron chi connectivity index (χ3n) is 5.05. The smallest absolute Gasteiger partial charge is 0.326 e. The summed E-state index contributed by atoms with van der Waals surface area (Å²) in [6.45, 7) is 4.20. The van der Waals surface area contributed by atoms with Crippen LogP contribution in [0, 0.1) is 5.92 Å². The molecule has 4 rings (SSSR count). The summed E-state index contributed by atoms with van der Waals surface area (Å²) >= 11 is 7.80. The van der Waals surface area contributed by atoms with Gasteiger partial charge in [0.15, 0.2) is 6.61 Å². The zero-order chi connectivity index (χ0) is 22.7. The number of carbonyl (C=O) groups excluding carboxylic acids is 2. The number of benzene rings is 2. The zero-order valence-corrected chi connectivity index (χ0v) is 19.4. The van der Waals surface area contributed by atoms with Gasteiger partial charge in [0.2, 0.25) is 0 Å². The summed E-state index contributed by atoms with van der Waals surface area (Å²) in [7, 11) is 0. The molecule has 2 aromatic carbocycles. The van der Waals surface area contributed by atoms with Gasteiger partial charge in [0.05, 0.1) is 23.0 Å². The van der Waals surface area contributed by atoms with Crippen LogP contribution in [0.2, 0.25) is 5.02 Å². The van der Waals surface area contributed by atoms with Crippen molar-refractivity contribution in [3.05, 3.63) is 52.9 Å². The molecule has 0 saturated carbocycles. The largest absolute Gasteiger partial charge is 0.482 e. The topological polar surface area (TPSA) is 68.7 Å². The lowest BCUT2D eigenvalue weighted by molar-refractivity contribution is -0.143. The molecular formula is C24H23ClN2O4S. The molecule has 8 heteroatoms. The van der Waals surface area contributed by atoms with Gasteiger partial charge in [0.1, 0.15) is 17.3 Å². The molecule has 0 bridgehead atoms. The molecule has 0 saturated heterocycles. The van der Waals surface area contributed by atoms with E-state index in [2.05, 4.69) is 13.8 Å². The van der Waals surface area contributed by atoms with E-state index in [-0.39, 0.29) is 19.1 Å². The maximum absolute atomic E-state index is 12.5. The monoisotopic (exact) mass is 470 g/mol. The Morgan fingerprint density at radius 1 is 1.28 bits per heavy atom. The van der Waals surface area contributed by atoms with Gasteiger partial charge in [-0.2, -0.15) is 0 Å². The number of carbonyl (C=O) groups is 2. The van der Waals surface area contributed by atoms with Crippen LogP contribution in [0.25, 0.3) is 21.8 Å². The average molecular weight is 471 g/mol. The van der Waals surface area contributed by atoms with Gasteiger partial charge in [0, 0.05) is 16.5 Å². The predicted octanol–water partition coefficient (Wildman–Crippen LogP) is 5.45. The first-order valence-corrected chi connectivity index (χ1v) is 11.6. The van der Waals surface area contributed by atoms with E-state index in [1.54, 1.807) is 6.07 Å². The molecular weight excluding hydrogens is 448 g/mol. The van der Waals surface area contributed by atoms with Crippen molar-refractivity contribution in [2.24, 2.45) is 5.92 Å². The van der Waals surface area contributed by atoms with Crippen LogP contribution >= 0.6 is 22.9 Å². The number of halogens is 1. The Bertz CT molecular complexity index is 1140. The number of amides is 1. The van der Waals surface area contributed by atoms with Gasteiger partial charge < -0.3 is 9.47 Å². The van der Waals surface area contributed by atoms with Crippen molar-refractivity contribution in [3.8, 4) is 27.6 Å². The molecule has 1 aliphatic heterocycles. The fourth-order valence-corrected chi connectivity index (χ4v) is 4.43. The highest BCUT2D eigenvalue weighted by atomic mass is 35.5. The Labute approximate surface area is 195 Å². The number of anilines is 1. The highest BCUT2D eigenvalue weighted by molar-refractivity contribution is 7.13. The number of thiazole rings is 1. The molecule has 1 amide bonds. The van der Waals surface area contributed by atoms with Gasteiger partial charge in [-0.1, -0.05) is 43.6 Å². The predicted molar refractivity (Wildman–Crippen MR) is 126 cm³/mol. The number of hydrogen-bond acceptors (Lipinski definition) is 6. The van der Waals surface area contributed by atoms with Crippen molar-refractivity contribution in [2.45, 2.75) is 20.3 Å². The van der Waals surface area contributed by atoms with E-state index < -0.39 is 5.97 Å². The lowest BCUT2D eigenvalue weighted by atomic mass is 10.1. The first-order chi connectivity index (χ1) is 15.4. The number of nitrogens with zero attached hydrogens (tertiary/aromatic N) is 2. The molecule has 1 aromatic heterocycles. The Morgan fingerprint density at radius 3 is 2.88 bits per heavy atom. The summed E-state index contributed by atoms with van der Waals surface area (Å²) in [5.74, 6) is 0.257. The van der Waals surface area contributed by atoms with Crippen molar-refractivity contribution in [1.29, 1.82) is 0 Å². The van der Waals surface area contributed by atoms with E-state index >= 15 is 0 Å². The number of rotatable bonds is 7. The van der Waals surface area contributed by atoms with Crippen molar-refractivity contribution in [1.82, 2.24) is 4.98 Å². The molecule has 0 unspecified atom stereocenters. The van der Waals surface area contributed by atoms with Crippen molar-refractivity contribution >= 4 is 40.5 Å². The van der Waals surface area contributed by atoms with Gasteiger partial charge >= 0.3 is 5.97 Å². The van der Waals surface area contributed by atoms with E-state index in [9.17, 15) is 9.59 Å².